The maximum atomic E-state index is 13.2. The Balaban J connectivity index is 1.87. The molecule has 1 heterocycles. The number of carbonyl (C=O) groups excluding carboxylic acids is 2. The minimum absolute atomic E-state index is 0.00532. The zero-order chi connectivity index (χ0) is 20.6. The number of hydrogen-bond donors (Lipinski definition) is 2. The molecule has 0 radical (unpaired) electrons. The van der Waals surface area contributed by atoms with Crippen molar-refractivity contribution in [2.75, 3.05) is 16.8 Å². The number of carboxylic acid groups (broad SMARTS) is 1. The molecule has 0 spiro atoms. The van der Waals surface area contributed by atoms with E-state index in [0.717, 1.165) is 6.07 Å². The van der Waals surface area contributed by atoms with Crippen LogP contribution in [0.2, 0.25) is 5.02 Å². The molecule has 28 heavy (non-hydrogen) atoms. The molecule has 2 amide bonds. The van der Waals surface area contributed by atoms with Crippen LogP contribution in [0, 0.1) is 5.82 Å². The molecule has 2 aromatic rings. The van der Waals surface area contributed by atoms with Crippen molar-refractivity contribution in [2.45, 2.75) is 19.4 Å². The second-order valence-electron chi connectivity index (χ2n) is 6.67. The molecule has 9 heteroatoms. The summed E-state index contributed by atoms with van der Waals surface area (Å²) in [6, 6.07) is 7.75. The molecule has 2 aromatic carbocycles. The Bertz CT molecular complexity index is 992. The Morgan fingerprint density at radius 1 is 1.25 bits per heavy atom. The fourth-order valence-electron chi connectivity index (χ4n) is 2.78. The van der Waals surface area contributed by atoms with E-state index in [2.05, 4.69) is 5.32 Å². The van der Waals surface area contributed by atoms with E-state index in [1.807, 2.05) is 0 Å². The van der Waals surface area contributed by atoms with E-state index in [4.69, 9.17) is 21.4 Å². The fourth-order valence-corrected chi connectivity index (χ4v) is 2.96. The summed E-state index contributed by atoms with van der Waals surface area (Å²) in [6.07, 6.45) is 0. The smallest absolute Gasteiger partial charge is 0.335 e. The summed E-state index contributed by atoms with van der Waals surface area (Å²) in [7, 11) is 0. The van der Waals surface area contributed by atoms with Crippen molar-refractivity contribution in [3.63, 3.8) is 0 Å². The van der Waals surface area contributed by atoms with Gasteiger partial charge in [0, 0.05) is 5.69 Å². The van der Waals surface area contributed by atoms with Crippen molar-refractivity contribution in [3.8, 4) is 5.75 Å². The average Bonchev–Trinajstić information content (AvgIpc) is 2.61. The van der Waals surface area contributed by atoms with Gasteiger partial charge < -0.3 is 15.2 Å². The number of nitrogens with one attached hydrogen (secondary N) is 1. The van der Waals surface area contributed by atoms with Crippen molar-refractivity contribution < 1.29 is 28.6 Å². The lowest BCUT2D eigenvalue weighted by atomic mass is 10.0. The number of benzene rings is 2. The van der Waals surface area contributed by atoms with Gasteiger partial charge in [-0.15, -0.1) is 0 Å². The van der Waals surface area contributed by atoms with Crippen molar-refractivity contribution >= 4 is 40.8 Å². The molecule has 0 aromatic heterocycles. The summed E-state index contributed by atoms with van der Waals surface area (Å²) in [6.45, 7) is 2.70. The molecule has 0 bridgehead atoms. The van der Waals surface area contributed by atoms with Crippen molar-refractivity contribution in [2.24, 2.45) is 0 Å². The van der Waals surface area contributed by atoms with E-state index in [-0.39, 0.29) is 34.3 Å². The van der Waals surface area contributed by atoms with Gasteiger partial charge in [-0.25, -0.2) is 9.18 Å². The highest BCUT2D eigenvalue weighted by molar-refractivity contribution is 6.31. The topological polar surface area (TPSA) is 95.9 Å². The lowest BCUT2D eigenvalue weighted by Gasteiger charge is -2.38. The van der Waals surface area contributed by atoms with Crippen molar-refractivity contribution in [3.05, 3.63) is 52.8 Å². The molecule has 1 aliphatic heterocycles. The normalized spacial score (nSPS) is 14.9. The number of aromatic carboxylic acids is 1. The summed E-state index contributed by atoms with van der Waals surface area (Å²) < 4.78 is 18.9. The van der Waals surface area contributed by atoms with Crippen LogP contribution < -0.4 is 15.0 Å². The van der Waals surface area contributed by atoms with Gasteiger partial charge in [0.1, 0.15) is 18.1 Å². The predicted molar refractivity (Wildman–Crippen MR) is 101 cm³/mol. The van der Waals surface area contributed by atoms with Gasteiger partial charge in [0.05, 0.1) is 16.3 Å². The van der Waals surface area contributed by atoms with Crippen LogP contribution in [0.1, 0.15) is 24.2 Å². The molecule has 0 unspecified atom stereocenters. The van der Waals surface area contributed by atoms with E-state index in [1.165, 1.54) is 49.1 Å². The third kappa shape index (κ3) is 3.77. The number of carboxylic acids is 1. The minimum Gasteiger partial charge on any atom is -0.478 e. The van der Waals surface area contributed by atoms with Crippen molar-refractivity contribution in [1.29, 1.82) is 0 Å². The first-order valence-electron chi connectivity index (χ1n) is 8.22. The number of fused-ring (bicyclic) bond motifs is 1. The average molecular weight is 407 g/mol. The van der Waals surface area contributed by atoms with E-state index < -0.39 is 29.2 Å². The quantitative estimate of drug-likeness (QED) is 0.812. The molecule has 3 rings (SSSR count). The fraction of sp³-hybridized carbons (Fsp3) is 0.211. The van der Waals surface area contributed by atoms with Crippen LogP contribution in [-0.4, -0.2) is 35.0 Å². The number of carbonyl (C=O) groups is 3. The molecule has 7 nitrogen and oxygen atoms in total. The number of amides is 2. The summed E-state index contributed by atoms with van der Waals surface area (Å²) in [5.41, 5.74) is -0.738. The molecular weight excluding hydrogens is 391 g/mol. The number of hydrogen-bond acceptors (Lipinski definition) is 4. The largest absolute Gasteiger partial charge is 0.478 e. The Kier molecular flexibility index (Phi) is 4.99. The van der Waals surface area contributed by atoms with Crippen LogP contribution in [0.25, 0.3) is 0 Å². The van der Waals surface area contributed by atoms with Crippen LogP contribution in [0.15, 0.2) is 36.4 Å². The summed E-state index contributed by atoms with van der Waals surface area (Å²) >= 11 is 5.70. The maximum Gasteiger partial charge on any atom is 0.335 e. The molecule has 146 valence electrons. The number of rotatable bonds is 4. The maximum absolute atomic E-state index is 13.2. The number of ether oxygens (including phenoxy) is 1. The molecule has 0 aliphatic carbocycles. The third-order valence-corrected chi connectivity index (χ3v) is 4.42. The molecule has 0 atom stereocenters. The standard InChI is InChI=1S/C19H16ClFN2O5/c1-19(2)18(27)23(14-6-3-10(17(25)26)7-15(14)28-19)9-16(24)22-11-4-5-13(21)12(20)8-11/h3-8H,9H2,1-2H3,(H,22,24)(H,25,26). The number of halogens is 2. The molecule has 0 saturated heterocycles. The van der Waals surface area contributed by atoms with Crippen LogP contribution >= 0.6 is 11.6 Å². The molecule has 2 N–H and O–H groups in total. The second kappa shape index (κ2) is 7.12. The molecule has 1 aliphatic rings. The molecule has 0 saturated carbocycles. The first kappa shape index (κ1) is 19.6. The lowest BCUT2D eigenvalue weighted by molar-refractivity contribution is -0.133. The predicted octanol–water partition coefficient (Wildman–Crippen LogP) is 3.32. The van der Waals surface area contributed by atoms with Crippen LogP contribution in [0.4, 0.5) is 15.8 Å². The van der Waals surface area contributed by atoms with Gasteiger partial charge in [-0.2, -0.15) is 0 Å². The van der Waals surface area contributed by atoms with Gasteiger partial charge in [0.25, 0.3) is 5.91 Å². The Labute approximate surface area is 164 Å². The van der Waals surface area contributed by atoms with E-state index >= 15 is 0 Å². The molecular formula is C19H16ClFN2O5. The number of nitrogens with zero attached hydrogens (tertiary/aromatic N) is 1. The summed E-state index contributed by atoms with van der Waals surface area (Å²) in [4.78, 5) is 37.6. The zero-order valence-corrected chi connectivity index (χ0v) is 15.7. The van der Waals surface area contributed by atoms with Crippen molar-refractivity contribution in [1.82, 2.24) is 0 Å². The SMILES string of the molecule is CC1(C)Oc2cc(C(=O)O)ccc2N(CC(=O)Nc2ccc(F)c(Cl)c2)C1=O. The third-order valence-electron chi connectivity index (χ3n) is 4.13. The van der Waals surface area contributed by atoms with Crippen LogP contribution in [-0.2, 0) is 9.59 Å². The highest BCUT2D eigenvalue weighted by atomic mass is 35.5. The van der Waals surface area contributed by atoms with Gasteiger partial charge in [0.2, 0.25) is 5.91 Å². The lowest BCUT2D eigenvalue weighted by Crippen LogP contribution is -2.54. The molecule has 0 fully saturated rings. The van der Waals surface area contributed by atoms with E-state index in [9.17, 15) is 18.8 Å². The first-order valence-corrected chi connectivity index (χ1v) is 8.59. The highest BCUT2D eigenvalue weighted by Gasteiger charge is 2.41. The van der Waals surface area contributed by atoms with Gasteiger partial charge in [0.15, 0.2) is 5.60 Å². The monoisotopic (exact) mass is 406 g/mol. The number of anilines is 2. The van der Waals surface area contributed by atoms with Gasteiger partial charge in [-0.05, 0) is 50.2 Å². The Hall–Kier alpha value is -3.13. The van der Waals surface area contributed by atoms with E-state index in [0.29, 0.717) is 0 Å². The van der Waals surface area contributed by atoms with Crippen LogP contribution in [0.5, 0.6) is 5.75 Å². The minimum atomic E-state index is -1.29. The second-order valence-corrected chi connectivity index (χ2v) is 7.08. The van der Waals surface area contributed by atoms with Crippen LogP contribution in [0.3, 0.4) is 0 Å². The summed E-state index contributed by atoms with van der Waals surface area (Å²) in [5.74, 6) is -2.58. The van der Waals surface area contributed by atoms with Gasteiger partial charge in [-0.1, -0.05) is 11.6 Å². The highest BCUT2D eigenvalue weighted by Crippen LogP contribution is 2.38. The van der Waals surface area contributed by atoms with E-state index in [1.54, 1.807) is 0 Å². The Morgan fingerprint density at radius 3 is 2.61 bits per heavy atom. The first-order chi connectivity index (χ1) is 13.1. The zero-order valence-electron chi connectivity index (χ0n) is 15.0. The van der Waals surface area contributed by atoms with Gasteiger partial charge >= 0.3 is 5.97 Å². The summed E-state index contributed by atoms with van der Waals surface area (Å²) in [5, 5.41) is 11.5. The van der Waals surface area contributed by atoms with Gasteiger partial charge in [-0.3, -0.25) is 14.5 Å². The Morgan fingerprint density at radius 2 is 1.96 bits per heavy atom.